The topological polar surface area (TPSA) is 79.4 Å². The van der Waals surface area contributed by atoms with Gasteiger partial charge in [-0.2, -0.15) is 0 Å². The minimum absolute atomic E-state index is 0.214. The summed E-state index contributed by atoms with van der Waals surface area (Å²) in [6, 6.07) is 4.59. The van der Waals surface area contributed by atoms with Crippen molar-refractivity contribution in [1.82, 2.24) is 15.2 Å². The summed E-state index contributed by atoms with van der Waals surface area (Å²) in [6.07, 6.45) is 6.22. The van der Waals surface area contributed by atoms with Crippen molar-refractivity contribution in [2.75, 3.05) is 13.1 Å². The Morgan fingerprint density at radius 1 is 1.40 bits per heavy atom. The van der Waals surface area contributed by atoms with Crippen LogP contribution in [0.1, 0.15) is 5.69 Å². The minimum Gasteiger partial charge on any atom is -0.334 e. The molecule has 0 aliphatic heterocycles. The van der Waals surface area contributed by atoms with E-state index in [-0.39, 0.29) is 13.1 Å². The molecule has 6 nitrogen and oxygen atoms in total. The number of aromatic nitrogens is 1. The Morgan fingerprint density at radius 2 is 2.20 bits per heavy atom. The highest BCUT2D eigenvalue weighted by Gasteiger charge is 2.17. The van der Waals surface area contributed by atoms with E-state index in [0.29, 0.717) is 12.0 Å². The minimum atomic E-state index is -0.646. The van der Waals surface area contributed by atoms with Gasteiger partial charge in [0, 0.05) is 18.8 Å². The molecule has 20 heavy (non-hydrogen) atoms. The molecule has 0 spiro atoms. The number of pyridine rings is 1. The summed E-state index contributed by atoms with van der Waals surface area (Å²) in [7, 11) is 0. The van der Waals surface area contributed by atoms with Crippen LogP contribution in [0.15, 0.2) is 43.1 Å². The average molecular weight is 273 g/mol. The molecule has 1 N–H and O–H groups in total. The lowest BCUT2D eigenvalue weighted by molar-refractivity contribution is -0.125. The van der Waals surface area contributed by atoms with E-state index in [9.17, 15) is 14.4 Å². The van der Waals surface area contributed by atoms with Crippen molar-refractivity contribution < 1.29 is 14.4 Å². The van der Waals surface area contributed by atoms with E-state index in [4.69, 9.17) is 0 Å². The fourth-order valence-corrected chi connectivity index (χ4v) is 1.32. The van der Waals surface area contributed by atoms with Crippen LogP contribution < -0.4 is 5.32 Å². The zero-order valence-corrected chi connectivity index (χ0v) is 10.9. The van der Waals surface area contributed by atoms with E-state index in [0.717, 1.165) is 4.90 Å². The second kappa shape index (κ2) is 8.36. The maximum absolute atomic E-state index is 11.9. The van der Waals surface area contributed by atoms with E-state index in [1.54, 1.807) is 24.4 Å². The van der Waals surface area contributed by atoms with Crippen LogP contribution in [0.5, 0.6) is 0 Å². The van der Waals surface area contributed by atoms with Crippen LogP contribution in [0, 0.1) is 0 Å². The van der Waals surface area contributed by atoms with Crippen LogP contribution in [0.4, 0.5) is 4.79 Å². The van der Waals surface area contributed by atoms with Gasteiger partial charge in [-0.3, -0.25) is 14.7 Å². The first-order chi connectivity index (χ1) is 9.69. The molecular weight excluding hydrogens is 258 g/mol. The third-order valence-electron chi connectivity index (χ3n) is 2.25. The molecular formula is C14H15N3O3. The summed E-state index contributed by atoms with van der Waals surface area (Å²) in [5.41, 5.74) is 0.582. The summed E-state index contributed by atoms with van der Waals surface area (Å²) in [6.45, 7) is 3.35. The van der Waals surface area contributed by atoms with Gasteiger partial charge in [-0.1, -0.05) is 12.1 Å². The molecule has 104 valence electrons. The number of carbonyl (C=O) groups excluding carboxylic acids is 3. The molecule has 0 atom stereocenters. The molecule has 0 radical (unpaired) electrons. The molecule has 0 unspecified atom stereocenters. The van der Waals surface area contributed by atoms with E-state index in [1.807, 2.05) is 0 Å². The molecule has 1 rings (SSSR count). The number of aldehydes is 1. The number of carbonyl (C=O) groups is 3. The van der Waals surface area contributed by atoms with Gasteiger partial charge in [-0.15, -0.1) is 6.58 Å². The molecule has 0 saturated carbocycles. The van der Waals surface area contributed by atoms with Crippen molar-refractivity contribution in [3.63, 3.8) is 0 Å². The molecule has 1 aromatic heterocycles. The number of nitrogens with one attached hydrogen (secondary N) is 1. The highest BCUT2D eigenvalue weighted by Crippen LogP contribution is 1.99. The molecule has 1 aromatic rings. The molecule has 1 heterocycles. The zero-order chi connectivity index (χ0) is 14.8. The third-order valence-corrected chi connectivity index (χ3v) is 2.25. The SMILES string of the molecule is C=CCNC(=O)N(CC=O)C(=O)C=Cc1ccccn1. The maximum atomic E-state index is 11.9. The molecule has 6 heteroatoms. The van der Waals surface area contributed by atoms with Gasteiger partial charge >= 0.3 is 6.03 Å². The van der Waals surface area contributed by atoms with E-state index < -0.39 is 11.9 Å². The van der Waals surface area contributed by atoms with Gasteiger partial charge in [0.2, 0.25) is 0 Å². The van der Waals surface area contributed by atoms with Gasteiger partial charge in [0.1, 0.15) is 6.29 Å². The number of amides is 3. The van der Waals surface area contributed by atoms with Crippen molar-refractivity contribution in [2.45, 2.75) is 0 Å². The molecule has 0 aliphatic rings. The van der Waals surface area contributed by atoms with Crippen LogP contribution in [0.2, 0.25) is 0 Å². The summed E-state index contributed by atoms with van der Waals surface area (Å²) in [5, 5.41) is 2.44. The smallest absolute Gasteiger partial charge is 0.325 e. The van der Waals surface area contributed by atoms with E-state index in [2.05, 4.69) is 16.9 Å². The molecule has 0 aromatic carbocycles. The first kappa shape index (κ1) is 15.3. The number of urea groups is 1. The van der Waals surface area contributed by atoms with E-state index in [1.165, 1.54) is 18.2 Å². The lowest BCUT2D eigenvalue weighted by Gasteiger charge is -2.16. The molecule has 3 amide bonds. The maximum Gasteiger partial charge on any atom is 0.325 e. The summed E-state index contributed by atoms with van der Waals surface area (Å²) >= 11 is 0. The first-order valence-corrected chi connectivity index (χ1v) is 5.92. The van der Waals surface area contributed by atoms with E-state index >= 15 is 0 Å². The Hall–Kier alpha value is -2.76. The monoisotopic (exact) mass is 273 g/mol. The average Bonchev–Trinajstić information content (AvgIpc) is 2.49. The molecule has 0 bridgehead atoms. The number of rotatable bonds is 6. The molecule has 0 fully saturated rings. The van der Waals surface area contributed by atoms with Gasteiger partial charge in [-0.05, 0) is 18.2 Å². The van der Waals surface area contributed by atoms with Crippen LogP contribution in [-0.2, 0) is 9.59 Å². The van der Waals surface area contributed by atoms with Gasteiger partial charge in [0.15, 0.2) is 0 Å². The zero-order valence-electron chi connectivity index (χ0n) is 10.9. The van der Waals surface area contributed by atoms with Crippen LogP contribution >= 0.6 is 0 Å². The Balaban J connectivity index is 2.73. The van der Waals surface area contributed by atoms with Crippen LogP contribution in [-0.4, -0.2) is 41.2 Å². The lowest BCUT2D eigenvalue weighted by Crippen LogP contribution is -2.44. The normalized spacial score (nSPS) is 10.0. The summed E-state index contributed by atoms with van der Waals surface area (Å²) in [5.74, 6) is -0.593. The second-order valence-corrected chi connectivity index (χ2v) is 3.68. The number of hydrogen-bond donors (Lipinski definition) is 1. The fourth-order valence-electron chi connectivity index (χ4n) is 1.32. The Labute approximate surface area is 116 Å². The highest BCUT2D eigenvalue weighted by atomic mass is 16.2. The van der Waals surface area contributed by atoms with Crippen molar-refractivity contribution >= 4 is 24.3 Å². The van der Waals surface area contributed by atoms with Gasteiger partial charge in [0.25, 0.3) is 5.91 Å². The summed E-state index contributed by atoms with van der Waals surface area (Å²) < 4.78 is 0. The fraction of sp³-hybridized carbons (Fsp3) is 0.143. The molecule has 0 aliphatic carbocycles. The van der Waals surface area contributed by atoms with Crippen LogP contribution in [0.25, 0.3) is 6.08 Å². The molecule has 0 saturated heterocycles. The number of nitrogens with zero attached hydrogens (tertiary/aromatic N) is 2. The second-order valence-electron chi connectivity index (χ2n) is 3.68. The lowest BCUT2D eigenvalue weighted by atomic mass is 10.3. The Bertz CT molecular complexity index is 512. The largest absolute Gasteiger partial charge is 0.334 e. The van der Waals surface area contributed by atoms with Crippen molar-refractivity contribution in [3.05, 3.63) is 48.8 Å². The van der Waals surface area contributed by atoms with Crippen LogP contribution in [0.3, 0.4) is 0 Å². The predicted molar refractivity (Wildman–Crippen MR) is 74.6 cm³/mol. The Kier molecular flexibility index (Phi) is 6.40. The van der Waals surface area contributed by atoms with Crippen molar-refractivity contribution in [3.8, 4) is 0 Å². The quantitative estimate of drug-likeness (QED) is 0.477. The number of imide groups is 1. The number of hydrogen-bond acceptors (Lipinski definition) is 4. The highest BCUT2D eigenvalue weighted by molar-refractivity contribution is 6.03. The first-order valence-electron chi connectivity index (χ1n) is 5.92. The standard InChI is InChI=1S/C14H15N3O3/c1-2-8-16-14(20)17(10-11-18)13(19)7-6-12-5-3-4-9-15-12/h2-7,9,11H,1,8,10H2,(H,16,20). The third kappa shape index (κ3) is 4.85. The Morgan fingerprint density at radius 3 is 2.80 bits per heavy atom. The van der Waals surface area contributed by atoms with Crippen molar-refractivity contribution in [1.29, 1.82) is 0 Å². The van der Waals surface area contributed by atoms with Crippen molar-refractivity contribution in [2.24, 2.45) is 0 Å². The van der Waals surface area contributed by atoms with Gasteiger partial charge < -0.3 is 10.1 Å². The summed E-state index contributed by atoms with van der Waals surface area (Å²) in [4.78, 5) is 38.9. The van der Waals surface area contributed by atoms with Gasteiger partial charge in [0.05, 0.1) is 12.2 Å². The van der Waals surface area contributed by atoms with Gasteiger partial charge in [-0.25, -0.2) is 4.79 Å². The predicted octanol–water partition coefficient (Wildman–Crippen LogP) is 1.02.